The number of amides is 1. The highest BCUT2D eigenvalue weighted by Crippen LogP contribution is 2.17. The van der Waals surface area contributed by atoms with Crippen molar-refractivity contribution in [3.63, 3.8) is 0 Å². The Kier molecular flexibility index (Phi) is 5.60. The number of hydroxylamine groups is 1. The van der Waals surface area contributed by atoms with E-state index in [9.17, 15) is 9.59 Å². The predicted octanol–water partition coefficient (Wildman–Crippen LogP) is 2.88. The van der Waals surface area contributed by atoms with E-state index in [4.69, 9.17) is 5.21 Å². The molecule has 7 nitrogen and oxygen atoms in total. The Hall–Kier alpha value is -3.19. The van der Waals surface area contributed by atoms with E-state index in [2.05, 4.69) is 15.3 Å². The number of H-pyrrole nitrogens is 1. The largest absolute Gasteiger partial charge is 0.326 e. The molecule has 7 heteroatoms. The Morgan fingerprint density at radius 1 is 1.12 bits per heavy atom. The fourth-order valence-electron chi connectivity index (χ4n) is 2.76. The highest BCUT2D eigenvalue weighted by atomic mass is 16.5. The molecule has 0 saturated heterocycles. The molecule has 0 aliphatic rings. The maximum absolute atomic E-state index is 12.1. The second kappa shape index (κ2) is 8.26. The van der Waals surface area contributed by atoms with Gasteiger partial charge in [-0.1, -0.05) is 24.3 Å². The summed E-state index contributed by atoms with van der Waals surface area (Å²) in [4.78, 5) is 30.3. The molecule has 2 aromatic carbocycles. The number of aromatic nitrogens is 2. The zero-order valence-electron chi connectivity index (χ0n) is 14.2. The van der Waals surface area contributed by atoms with E-state index in [0.29, 0.717) is 29.7 Å². The van der Waals surface area contributed by atoms with Crippen molar-refractivity contribution in [2.45, 2.75) is 25.7 Å². The summed E-state index contributed by atoms with van der Waals surface area (Å²) in [5, 5.41) is 12.2. The first-order valence-electron chi connectivity index (χ1n) is 8.43. The van der Waals surface area contributed by atoms with Crippen LogP contribution in [0, 0.1) is 0 Å². The average molecular weight is 352 g/mol. The quantitative estimate of drug-likeness (QED) is 0.297. The second-order valence-corrected chi connectivity index (χ2v) is 6.00. The van der Waals surface area contributed by atoms with Crippen molar-refractivity contribution in [3.8, 4) is 0 Å². The molecule has 3 rings (SSSR count). The standard InChI is InChI=1S/C19H20N4O3/c24-17(23-26)11-4-1-6-13-7-5-8-14(12-13)20-19-21-16-10-3-2-9-15(16)18(25)22-19/h2-3,5,7-10,12,26H,1,4,6,11H2,(H,23,24)(H2,20,21,22,25). The van der Waals surface area contributed by atoms with Crippen LogP contribution in [0.2, 0.25) is 0 Å². The molecular formula is C19H20N4O3. The van der Waals surface area contributed by atoms with Crippen LogP contribution in [0.15, 0.2) is 53.3 Å². The first-order valence-corrected chi connectivity index (χ1v) is 8.43. The number of carbonyl (C=O) groups is 1. The number of carbonyl (C=O) groups excluding carboxylic acids is 1. The van der Waals surface area contributed by atoms with Crippen LogP contribution in [0.5, 0.6) is 0 Å². The van der Waals surface area contributed by atoms with Gasteiger partial charge >= 0.3 is 0 Å². The van der Waals surface area contributed by atoms with Crippen molar-refractivity contribution in [3.05, 3.63) is 64.4 Å². The number of para-hydroxylation sites is 1. The van der Waals surface area contributed by atoms with Crippen molar-refractivity contribution in [1.29, 1.82) is 0 Å². The van der Waals surface area contributed by atoms with Crippen molar-refractivity contribution >= 4 is 28.4 Å². The van der Waals surface area contributed by atoms with Gasteiger partial charge in [-0.3, -0.25) is 19.8 Å². The molecule has 0 aliphatic carbocycles. The Morgan fingerprint density at radius 3 is 2.81 bits per heavy atom. The van der Waals surface area contributed by atoms with E-state index in [1.54, 1.807) is 23.7 Å². The third kappa shape index (κ3) is 4.46. The molecule has 0 saturated carbocycles. The maximum Gasteiger partial charge on any atom is 0.260 e. The molecule has 134 valence electrons. The lowest BCUT2D eigenvalue weighted by Crippen LogP contribution is -2.17. The topological polar surface area (TPSA) is 107 Å². The molecular weight excluding hydrogens is 332 g/mol. The van der Waals surface area contributed by atoms with Gasteiger partial charge in [-0.25, -0.2) is 10.5 Å². The molecule has 3 aromatic rings. The average Bonchev–Trinajstić information content (AvgIpc) is 2.65. The Labute approximate surface area is 150 Å². The van der Waals surface area contributed by atoms with Crippen LogP contribution in [0.1, 0.15) is 24.8 Å². The lowest BCUT2D eigenvalue weighted by molar-refractivity contribution is -0.129. The van der Waals surface area contributed by atoms with Crippen LogP contribution in [-0.4, -0.2) is 21.1 Å². The van der Waals surface area contributed by atoms with Crippen molar-refractivity contribution in [2.75, 3.05) is 5.32 Å². The number of nitrogens with one attached hydrogen (secondary N) is 3. The highest BCUT2D eigenvalue weighted by molar-refractivity contribution is 5.78. The van der Waals surface area contributed by atoms with E-state index >= 15 is 0 Å². The molecule has 0 bridgehead atoms. The number of aryl methyl sites for hydroxylation is 1. The number of benzene rings is 2. The summed E-state index contributed by atoms with van der Waals surface area (Å²) in [5.41, 5.74) is 4.03. The minimum absolute atomic E-state index is 0.184. The SMILES string of the molecule is O=C(CCCCc1cccc(Nc2nc3ccccc3c(=O)[nH]2)c1)NO. The Balaban J connectivity index is 1.67. The van der Waals surface area contributed by atoms with Gasteiger partial charge in [0, 0.05) is 12.1 Å². The fraction of sp³-hybridized carbons (Fsp3) is 0.211. The van der Waals surface area contributed by atoms with Crippen molar-refractivity contribution < 1.29 is 10.0 Å². The third-order valence-corrected chi connectivity index (χ3v) is 4.05. The predicted molar refractivity (Wildman–Crippen MR) is 99.6 cm³/mol. The first-order chi connectivity index (χ1) is 12.7. The smallest absolute Gasteiger partial charge is 0.260 e. The number of hydrogen-bond acceptors (Lipinski definition) is 5. The Morgan fingerprint density at radius 2 is 1.96 bits per heavy atom. The van der Waals surface area contributed by atoms with Gasteiger partial charge in [0.15, 0.2) is 0 Å². The second-order valence-electron chi connectivity index (χ2n) is 6.00. The van der Waals surface area contributed by atoms with Gasteiger partial charge < -0.3 is 5.32 Å². The molecule has 1 amide bonds. The molecule has 4 N–H and O–H groups in total. The summed E-state index contributed by atoms with van der Waals surface area (Å²) >= 11 is 0. The van der Waals surface area contributed by atoms with Gasteiger partial charge in [-0.2, -0.15) is 0 Å². The highest BCUT2D eigenvalue weighted by Gasteiger charge is 2.04. The first kappa shape index (κ1) is 17.6. The van der Waals surface area contributed by atoms with Crippen LogP contribution in [0.4, 0.5) is 11.6 Å². The molecule has 0 fully saturated rings. The molecule has 0 unspecified atom stereocenters. The number of nitrogens with zero attached hydrogens (tertiary/aromatic N) is 1. The lowest BCUT2D eigenvalue weighted by Gasteiger charge is -2.08. The number of rotatable bonds is 7. The number of aromatic amines is 1. The van der Waals surface area contributed by atoms with Gasteiger partial charge in [-0.15, -0.1) is 0 Å². The van der Waals surface area contributed by atoms with Gasteiger partial charge in [0.2, 0.25) is 11.9 Å². The number of unbranched alkanes of at least 4 members (excludes halogenated alkanes) is 1. The summed E-state index contributed by atoms with van der Waals surface area (Å²) < 4.78 is 0. The molecule has 0 atom stereocenters. The molecule has 26 heavy (non-hydrogen) atoms. The monoisotopic (exact) mass is 352 g/mol. The summed E-state index contributed by atoms with van der Waals surface area (Å²) in [6.07, 6.45) is 2.65. The number of fused-ring (bicyclic) bond motifs is 1. The van der Waals surface area contributed by atoms with Gasteiger partial charge in [0.05, 0.1) is 10.9 Å². The third-order valence-electron chi connectivity index (χ3n) is 4.05. The normalized spacial score (nSPS) is 10.7. The maximum atomic E-state index is 12.1. The number of anilines is 2. The van der Waals surface area contributed by atoms with Gasteiger partial charge in [0.25, 0.3) is 5.56 Å². The van der Waals surface area contributed by atoms with E-state index in [0.717, 1.165) is 24.1 Å². The fourth-order valence-corrected chi connectivity index (χ4v) is 2.76. The van der Waals surface area contributed by atoms with E-state index < -0.39 is 0 Å². The zero-order valence-corrected chi connectivity index (χ0v) is 14.2. The molecule has 1 aromatic heterocycles. The molecule has 1 heterocycles. The van der Waals surface area contributed by atoms with Crippen LogP contribution in [0.3, 0.4) is 0 Å². The minimum Gasteiger partial charge on any atom is -0.326 e. The van der Waals surface area contributed by atoms with Gasteiger partial charge in [-0.05, 0) is 49.1 Å². The van der Waals surface area contributed by atoms with Crippen molar-refractivity contribution in [1.82, 2.24) is 15.4 Å². The summed E-state index contributed by atoms with van der Waals surface area (Å²) in [5.74, 6) is 0.0252. The van der Waals surface area contributed by atoms with Crippen LogP contribution in [0.25, 0.3) is 10.9 Å². The van der Waals surface area contributed by atoms with Crippen molar-refractivity contribution in [2.24, 2.45) is 0 Å². The lowest BCUT2D eigenvalue weighted by atomic mass is 10.1. The van der Waals surface area contributed by atoms with E-state index in [1.807, 2.05) is 30.3 Å². The number of hydrogen-bond donors (Lipinski definition) is 4. The van der Waals surface area contributed by atoms with E-state index in [-0.39, 0.29) is 11.5 Å². The van der Waals surface area contributed by atoms with Gasteiger partial charge in [0.1, 0.15) is 0 Å². The Bertz CT molecular complexity index is 968. The van der Waals surface area contributed by atoms with E-state index in [1.165, 1.54) is 0 Å². The molecule has 0 aliphatic heterocycles. The van der Waals surface area contributed by atoms with Crippen LogP contribution < -0.4 is 16.4 Å². The zero-order chi connectivity index (χ0) is 18.4. The minimum atomic E-state index is -0.369. The summed E-state index contributed by atoms with van der Waals surface area (Å²) in [6, 6.07) is 15.0. The summed E-state index contributed by atoms with van der Waals surface area (Å²) in [7, 11) is 0. The molecule has 0 radical (unpaired) electrons. The van der Waals surface area contributed by atoms with Crippen LogP contribution >= 0.6 is 0 Å². The molecule has 0 spiro atoms. The van der Waals surface area contributed by atoms with Crippen LogP contribution in [-0.2, 0) is 11.2 Å². The summed E-state index contributed by atoms with van der Waals surface area (Å²) in [6.45, 7) is 0.